The molecule has 0 saturated heterocycles. The van der Waals surface area contributed by atoms with Gasteiger partial charge in [0.15, 0.2) is 0 Å². The third-order valence-corrected chi connectivity index (χ3v) is 4.57. The average Bonchev–Trinajstić information content (AvgIpc) is 2.57. The van der Waals surface area contributed by atoms with Crippen molar-refractivity contribution in [3.05, 3.63) is 0 Å². The van der Waals surface area contributed by atoms with Crippen molar-refractivity contribution in [2.75, 3.05) is 13.7 Å². The molecule has 2 aliphatic rings. The molecule has 100 valence electrons. The third-order valence-electron chi connectivity index (χ3n) is 4.57. The molecule has 1 N–H and O–H groups in total. The van der Waals surface area contributed by atoms with Gasteiger partial charge in [-0.05, 0) is 31.6 Å². The van der Waals surface area contributed by atoms with Gasteiger partial charge in [0.05, 0.1) is 12.2 Å². The van der Waals surface area contributed by atoms with Crippen LogP contribution in [0.2, 0.25) is 0 Å². The predicted octanol–water partition coefficient (Wildman–Crippen LogP) is 2.35. The van der Waals surface area contributed by atoms with E-state index in [2.05, 4.69) is 19.2 Å². The Hall–Kier alpha value is -0.120. The van der Waals surface area contributed by atoms with Gasteiger partial charge in [-0.25, -0.2) is 0 Å². The summed E-state index contributed by atoms with van der Waals surface area (Å²) in [5.41, 5.74) is 0.439. The summed E-state index contributed by atoms with van der Waals surface area (Å²) in [5.74, 6) is 0. The molecule has 4 unspecified atom stereocenters. The van der Waals surface area contributed by atoms with Crippen molar-refractivity contribution in [1.29, 1.82) is 0 Å². The summed E-state index contributed by atoms with van der Waals surface area (Å²) in [6.45, 7) is 7.58. The van der Waals surface area contributed by atoms with E-state index < -0.39 is 0 Å². The molecule has 2 fully saturated rings. The van der Waals surface area contributed by atoms with Crippen LogP contribution in [0.25, 0.3) is 0 Å². The number of hydrogen-bond acceptors (Lipinski definition) is 3. The second kappa shape index (κ2) is 5.25. The summed E-state index contributed by atoms with van der Waals surface area (Å²) in [6.07, 6.45) is 5.63. The first-order valence-corrected chi connectivity index (χ1v) is 6.99. The van der Waals surface area contributed by atoms with Crippen LogP contribution in [0.4, 0.5) is 0 Å². The van der Waals surface area contributed by atoms with Gasteiger partial charge in [-0.2, -0.15) is 0 Å². The molecule has 0 spiro atoms. The quantitative estimate of drug-likeness (QED) is 0.801. The van der Waals surface area contributed by atoms with Crippen molar-refractivity contribution in [2.24, 2.45) is 5.41 Å². The van der Waals surface area contributed by atoms with Crippen LogP contribution in [0, 0.1) is 5.41 Å². The number of nitrogens with one attached hydrogen (secondary N) is 1. The largest absolute Gasteiger partial charge is 0.377 e. The molecule has 2 rings (SSSR count). The van der Waals surface area contributed by atoms with Crippen LogP contribution in [0.15, 0.2) is 0 Å². The normalized spacial score (nSPS) is 40.2. The van der Waals surface area contributed by atoms with Crippen LogP contribution in [-0.4, -0.2) is 38.0 Å². The van der Waals surface area contributed by atoms with Crippen molar-refractivity contribution in [2.45, 2.75) is 70.7 Å². The summed E-state index contributed by atoms with van der Waals surface area (Å²) in [5, 5.41) is 3.79. The Morgan fingerprint density at radius 2 is 2.12 bits per heavy atom. The Morgan fingerprint density at radius 3 is 2.65 bits per heavy atom. The molecular weight excluding hydrogens is 214 g/mol. The second-order valence-corrected chi connectivity index (χ2v) is 6.14. The van der Waals surface area contributed by atoms with Gasteiger partial charge in [0.25, 0.3) is 0 Å². The first-order valence-electron chi connectivity index (χ1n) is 6.99. The highest BCUT2D eigenvalue weighted by molar-refractivity contribution is 5.01. The van der Waals surface area contributed by atoms with Crippen LogP contribution >= 0.6 is 0 Å². The van der Waals surface area contributed by atoms with E-state index in [1.807, 2.05) is 6.92 Å². The van der Waals surface area contributed by atoms with Gasteiger partial charge in [0, 0.05) is 25.8 Å². The topological polar surface area (TPSA) is 30.5 Å². The predicted molar refractivity (Wildman–Crippen MR) is 69.2 cm³/mol. The van der Waals surface area contributed by atoms with Gasteiger partial charge in [-0.3, -0.25) is 0 Å². The maximum absolute atomic E-state index is 5.66. The van der Waals surface area contributed by atoms with E-state index >= 15 is 0 Å². The standard InChI is InChI=1S/C14H27NO2/c1-5-17-11-9-10(13(11)16-4)15-12-7-6-8-14(12,2)3/h10-13,15H,5-9H2,1-4H3. The zero-order valence-corrected chi connectivity index (χ0v) is 11.7. The first-order chi connectivity index (χ1) is 8.08. The van der Waals surface area contributed by atoms with Gasteiger partial charge >= 0.3 is 0 Å². The van der Waals surface area contributed by atoms with Gasteiger partial charge in [-0.15, -0.1) is 0 Å². The molecule has 0 radical (unpaired) electrons. The minimum absolute atomic E-state index is 0.242. The molecule has 4 atom stereocenters. The van der Waals surface area contributed by atoms with Crippen LogP contribution in [0.1, 0.15) is 46.5 Å². The molecule has 0 aromatic rings. The molecule has 0 aromatic carbocycles. The van der Waals surface area contributed by atoms with Crippen molar-refractivity contribution < 1.29 is 9.47 Å². The maximum Gasteiger partial charge on any atom is 0.0986 e. The van der Waals surface area contributed by atoms with E-state index in [4.69, 9.17) is 9.47 Å². The van der Waals surface area contributed by atoms with Crippen molar-refractivity contribution in [3.63, 3.8) is 0 Å². The lowest BCUT2D eigenvalue weighted by molar-refractivity contribution is -0.134. The Balaban J connectivity index is 1.84. The lowest BCUT2D eigenvalue weighted by Crippen LogP contribution is -2.62. The SMILES string of the molecule is CCOC1CC(NC2CCCC2(C)C)C1OC. The molecule has 3 heteroatoms. The molecular formula is C14H27NO2. The smallest absolute Gasteiger partial charge is 0.0986 e. The molecule has 3 nitrogen and oxygen atoms in total. The van der Waals surface area contributed by atoms with Crippen LogP contribution in [0.5, 0.6) is 0 Å². The fourth-order valence-corrected chi connectivity index (χ4v) is 3.33. The second-order valence-electron chi connectivity index (χ2n) is 6.14. The molecule has 2 saturated carbocycles. The fourth-order valence-electron chi connectivity index (χ4n) is 3.33. The zero-order chi connectivity index (χ0) is 12.5. The van der Waals surface area contributed by atoms with Crippen LogP contribution in [-0.2, 0) is 9.47 Å². The zero-order valence-electron chi connectivity index (χ0n) is 11.7. The van der Waals surface area contributed by atoms with E-state index in [1.54, 1.807) is 7.11 Å². The lowest BCUT2D eigenvalue weighted by Gasteiger charge is -2.46. The summed E-state index contributed by atoms with van der Waals surface area (Å²) < 4.78 is 11.2. The molecule has 0 bridgehead atoms. The molecule has 17 heavy (non-hydrogen) atoms. The van der Waals surface area contributed by atoms with Crippen LogP contribution < -0.4 is 5.32 Å². The number of ether oxygens (including phenoxy) is 2. The fraction of sp³-hybridized carbons (Fsp3) is 1.00. The van der Waals surface area contributed by atoms with Crippen molar-refractivity contribution in [3.8, 4) is 0 Å². The average molecular weight is 241 g/mol. The minimum Gasteiger partial charge on any atom is -0.377 e. The lowest BCUT2D eigenvalue weighted by atomic mass is 9.81. The number of rotatable bonds is 5. The molecule has 0 aromatic heterocycles. The number of methoxy groups -OCH3 is 1. The Kier molecular flexibility index (Phi) is 4.11. The highest BCUT2D eigenvalue weighted by Crippen LogP contribution is 2.39. The summed E-state index contributed by atoms with van der Waals surface area (Å²) in [6, 6.07) is 1.13. The molecule has 2 aliphatic carbocycles. The number of hydrogen-bond donors (Lipinski definition) is 1. The Bertz CT molecular complexity index is 255. The van der Waals surface area contributed by atoms with Gasteiger partial charge in [0.2, 0.25) is 0 Å². The molecule has 0 amide bonds. The minimum atomic E-state index is 0.242. The Labute approximate surface area is 105 Å². The van der Waals surface area contributed by atoms with E-state index in [-0.39, 0.29) is 6.10 Å². The summed E-state index contributed by atoms with van der Waals surface area (Å²) in [7, 11) is 1.80. The van der Waals surface area contributed by atoms with Crippen molar-refractivity contribution in [1.82, 2.24) is 5.32 Å². The third kappa shape index (κ3) is 2.67. The first kappa shape index (κ1) is 13.3. The van der Waals surface area contributed by atoms with Gasteiger partial charge in [-0.1, -0.05) is 20.3 Å². The van der Waals surface area contributed by atoms with Crippen LogP contribution in [0.3, 0.4) is 0 Å². The highest BCUT2D eigenvalue weighted by Gasteiger charge is 2.45. The molecule has 0 aliphatic heterocycles. The summed E-state index contributed by atoms with van der Waals surface area (Å²) in [4.78, 5) is 0. The van der Waals surface area contributed by atoms with E-state index in [0.29, 0.717) is 23.6 Å². The highest BCUT2D eigenvalue weighted by atomic mass is 16.5. The van der Waals surface area contributed by atoms with E-state index in [0.717, 1.165) is 13.0 Å². The molecule has 0 heterocycles. The van der Waals surface area contributed by atoms with E-state index in [9.17, 15) is 0 Å². The summed E-state index contributed by atoms with van der Waals surface area (Å²) >= 11 is 0. The van der Waals surface area contributed by atoms with Gasteiger partial charge in [0.1, 0.15) is 0 Å². The monoisotopic (exact) mass is 241 g/mol. The Morgan fingerprint density at radius 1 is 1.35 bits per heavy atom. The van der Waals surface area contributed by atoms with Gasteiger partial charge < -0.3 is 14.8 Å². The van der Waals surface area contributed by atoms with Crippen molar-refractivity contribution >= 4 is 0 Å². The maximum atomic E-state index is 5.66. The van der Waals surface area contributed by atoms with E-state index in [1.165, 1.54) is 19.3 Å².